The molecular formula is C26H25NO4. The van der Waals surface area contributed by atoms with E-state index in [1.54, 1.807) is 0 Å². The minimum Gasteiger partial charge on any atom is -0.493 e. The van der Waals surface area contributed by atoms with Crippen molar-refractivity contribution in [3.63, 3.8) is 0 Å². The summed E-state index contributed by atoms with van der Waals surface area (Å²) in [4.78, 5) is 18.1. The second-order valence-corrected chi connectivity index (χ2v) is 8.11. The van der Waals surface area contributed by atoms with E-state index in [-0.39, 0.29) is 12.6 Å². The molecule has 0 N–H and O–H groups in total. The Hall–Kier alpha value is -3.34. The molecule has 0 spiro atoms. The molecule has 0 bridgehead atoms. The summed E-state index contributed by atoms with van der Waals surface area (Å²) >= 11 is 0. The molecule has 3 aromatic rings. The van der Waals surface area contributed by atoms with Gasteiger partial charge in [-0.05, 0) is 61.2 Å². The lowest BCUT2D eigenvalue weighted by molar-refractivity contribution is -0.120. The van der Waals surface area contributed by atoms with Gasteiger partial charge in [-0.25, -0.2) is 0 Å². The minimum atomic E-state index is -0.430. The van der Waals surface area contributed by atoms with E-state index in [4.69, 9.17) is 19.2 Å². The number of nitrogens with zero attached hydrogens (tertiary/aromatic N) is 1. The van der Waals surface area contributed by atoms with E-state index in [0.717, 1.165) is 59.0 Å². The number of hydrogen-bond donors (Lipinski definition) is 0. The fourth-order valence-electron chi connectivity index (χ4n) is 4.13. The molecule has 0 radical (unpaired) electrons. The van der Waals surface area contributed by atoms with Crippen LogP contribution in [-0.4, -0.2) is 24.2 Å². The van der Waals surface area contributed by atoms with Crippen LogP contribution >= 0.6 is 0 Å². The maximum atomic E-state index is 13.3. The molecule has 31 heavy (non-hydrogen) atoms. The standard InChI is InChI=1S/C26H25NO4/c1-2-14-29-22-9-4-3-7-20(22)21-8-5-6-19(27-21)16-25(28)26(12-13-26)18-10-11-23-24(15-18)31-17-30-23/h3-11,15H,2,12-14,16-17H2,1H3. The summed E-state index contributed by atoms with van der Waals surface area (Å²) in [5, 5.41) is 0. The first kappa shape index (κ1) is 19.6. The Labute approximate surface area is 182 Å². The highest BCUT2D eigenvalue weighted by Crippen LogP contribution is 2.51. The van der Waals surface area contributed by atoms with Gasteiger partial charge in [0.05, 0.1) is 17.7 Å². The summed E-state index contributed by atoms with van der Waals surface area (Å²) in [7, 11) is 0. The van der Waals surface area contributed by atoms with Crippen molar-refractivity contribution in [2.24, 2.45) is 0 Å². The van der Waals surface area contributed by atoms with Gasteiger partial charge in [0.25, 0.3) is 0 Å². The average Bonchev–Trinajstić information content (AvgIpc) is 3.49. The van der Waals surface area contributed by atoms with Crippen molar-refractivity contribution in [1.82, 2.24) is 4.98 Å². The van der Waals surface area contributed by atoms with Crippen LogP contribution in [0.25, 0.3) is 11.3 Å². The van der Waals surface area contributed by atoms with Crippen LogP contribution in [0.15, 0.2) is 60.7 Å². The Kier molecular flexibility index (Phi) is 5.10. The molecule has 1 saturated carbocycles. The van der Waals surface area contributed by atoms with Crippen LogP contribution in [0, 0.1) is 0 Å². The van der Waals surface area contributed by atoms with Crippen molar-refractivity contribution >= 4 is 5.78 Å². The monoisotopic (exact) mass is 415 g/mol. The molecule has 5 rings (SSSR count). The molecular weight excluding hydrogens is 390 g/mol. The van der Waals surface area contributed by atoms with Gasteiger partial charge in [0.1, 0.15) is 11.5 Å². The lowest BCUT2D eigenvalue weighted by Crippen LogP contribution is -2.23. The van der Waals surface area contributed by atoms with Crippen LogP contribution in [0.1, 0.15) is 37.4 Å². The summed E-state index contributed by atoms with van der Waals surface area (Å²) in [6.45, 7) is 2.98. The SMILES string of the molecule is CCCOc1ccccc1-c1cccc(CC(=O)C2(c3ccc4c(c3)OCO4)CC2)n1. The number of carbonyl (C=O) groups is 1. The Morgan fingerprint density at radius 3 is 2.71 bits per heavy atom. The minimum absolute atomic E-state index is 0.200. The predicted octanol–water partition coefficient (Wildman–Crippen LogP) is 5.11. The first-order chi connectivity index (χ1) is 15.2. The number of fused-ring (bicyclic) bond motifs is 1. The molecule has 5 heteroatoms. The first-order valence-corrected chi connectivity index (χ1v) is 10.8. The number of rotatable bonds is 8. The van der Waals surface area contributed by atoms with Crippen LogP contribution in [0.3, 0.4) is 0 Å². The third-order valence-corrected chi connectivity index (χ3v) is 5.98. The van der Waals surface area contributed by atoms with Crippen molar-refractivity contribution in [2.75, 3.05) is 13.4 Å². The van der Waals surface area contributed by atoms with Gasteiger partial charge in [-0.3, -0.25) is 9.78 Å². The van der Waals surface area contributed by atoms with E-state index in [1.807, 2.05) is 60.7 Å². The molecule has 2 heterocycles. The molecule has 158 valence electrons. The number of hydrogen-bond acceptors (Lipinski definition) is 5. The van der Waals surface area contributed by atoms with Gasteiger partial charge < -0.3 is 14.2 Å². The molecule has 1 fully saturated rings. The molecule has 1 aliphatic heterocycles. The van der Waals surface area contributed by atoms with E-state index in [2.05, 4.69) is 6.92 Å². The maximum Gasteiger partial charge on any atom is 0.231 e. The summed E-state index contributed by atoms with van der Waals surface area (Å²) in [6.07, 6.45) is 2.97. The van der Waals surface area contributed by atoms with Crippen LogP contribution in [0.2, 0.25) is 0 Å². The lowest BCUT2D eigenvalue weighted by Gasteiger charge is -2.15. The van der Waals surface area contributed by atoms with Crippen molar-refractivity contribution < 1.29 is 19.0 Å². The Morgan fingerprint density at radius 1 is 1.03 bits per heavy atom. The molecule has 1 aromatic heterocycles. The van der Waals surface area contributed by atoms with Gasteiger partial charge >= 0.3 is 0 Å². The number of Topliss-reactive ketones (excluding diaryl/α,β-unsaturated/α-hetero) is 1. The number of ether oxygens (including phenoxy) is 3. The van der Waals surface area contributed by atoms with E-state index >= 15 is 0 Å². The zero-order valence-corrected chi connectivity index (χ0v) is 17.6. The van der Waals surface area contributed by atoms with Gasteiger partial charge in [0, 0.05) is 17.7 Å². The second-order valence-electron chi connectivity index (χ2n) is 8.11. The van der Waals surface area contributed by atoms with Gasteiger partial charge in [-0.1, -0.05) is 31.2 Å². The molecule has 1 aliphatic carbocycles. The summed E-state index contributed by atoms with van der Waals surface area (Å²) in [5.41, 5.74) is 3.13. The normalized spacial score (nSPS) is 15.5. The highest BCUT2D eigenvalue weighted by Gasteiger charge is 2.51. The molecule has 0 saturated heterocycles. The van der Waals surface area contributed by atoms with Gasteiger partial charge in [-0.15, -0.1) is 0 Å². The van der Waals surface area contributed by atoms with Crippen LogP contribution in [-0.2, 0) is 16.6 Å². The van der Waals surface area contributed by atoms with E-state index in [1.165, 1.54) is 0 Å². The molecule has 5 nitrogen and oxygen atoms in total. The molecule has 0 unspecified atom stereocenters. The largest absolute Gasteiger partial charge is 0.493 e. The number of pyridine rings is 1. The quantitative estimate of drug-likeness (QED) is 0.512. The van der Waals surface area contributed by atoms with Gasteiger partial charge in [0.15, 0.2) is 11.5 Å². The average molecular weight is 415 g/mol. The van der Waals surface area contributed by atoms with Crippen molar-refractivity contribution in [2.45, 2.75) is 38.0 Å². The topological polar surface area (TPSA) is 57.7 Å². The second kappa shape index (κ2) is 8.06. The number of benzene rings is 2. The van der Waals surface area contributed by atoms with Crippen LogP contribution in [0.4, 0.5) is 0 Å². The first-order valence-electron chi connectivity index (χ1n) is 10.8. The molecule has 2 aromatic carbocycles. The van der Waals surface area contributed by atoms with E-state index in [0.29, 0.717) is 13.0 Å². The summed E-state index contributed by atoms with van der Waals surface area (Å²) in [5.74, 6) is 2.48. The molecule has 0 amide bonds. The number of ketones is 1. The number of aromatic nitrogens is 1. The van der Waals surface area contributed by atoms with E-state index < -0.39 is 5.41 Å². The Morgan fingerprint density at radius 2 is 1.87 bits per heavy atom. The maximum absolute atomic E-state index is 13.3. The molecule has 2 aliphatic rings. The van der Waals surface area contributed by atoms with Gasteiger partial charge in [0.2, 0.25) is 6.79 Å². The zero-order chi connectivity index (χ0) is 21.3. The zero-order valence-electron chi connectivity index (χ0n) is 17.6. The highest BCUT2D eigenvalue weighted by molar-refractivity contribution is 5.94. The Balaban J connectivity index is 1.37. The van der Waals surface area contributed by atoms with Crippen LogP contribution in [0.5, 0.6) is 17.2 Å². The smallest absolute Gasteiger partial charge is 0.231 e. The predicted molar refractivity (Wildman–Crippen MR) is 118 cm³/mol. The van der Waals surface area contributed by atoms with Crippen molar-refractivity contribution in [3.05, 3.63) is 71.9 Å². The van der Waals surface area contributed by atoms with Gasteiger partial charge in [-0.2, -0.15) is 0 Å². The third-order valence-electron chi connectivity index (χ3n) is 5.98. The number of carbonyl (C=O) groups excluding carboxylic acids is 1. The number of para-hydroxylation sites is 1. The lowest BCUT2D eigenvalue weighted by atomic mass is 9.88. The van der Waals surface area contributed by atoms with E-state index in [9.17, 15) is 4.79 Å². The Bertz CT molecular complexity index is 1120. The van der Waals surface area contributed by atoms with Crippen molar-refractivity contribution in [3.8, 4) is 28.5 Å². The fraction of sp³-hybridized carbons (Fsp3) is 0.308. The summed E-state index contributed by atoms with van der Waals surface area (Å²) < 4.78 is 16.8. The highest BCUT2D eigenvalue weighted by atomic mass is 16.7. The third kappa shape index (κ3) is 3.76. The van der Waals surface area contributed by atoms with Crippen molar-refractivity contribution in [1.29, 1.82) is 0 Å². The fourth-order valence-corrected chi connectivity index (χ4v) is 4.13. The van der Waals surface area contributed by atoms with Crippen LogP contribution < -0.4 is 14.2 Å². The molecule has 0 atom stereocenters. The summed E-state index contributed by atoms with van der Waals surface area (Å²) in [6, 6.07) is 19.6.